The lowest BCUT2D eigenvalue weighted by atomic mass is 9.82. The Hall–Kier alpha value is -0.540. The van der Waals surface area contributed by atoms with Crippen LogP contribution in [-0.2, 0) is 6.54 Å². The Balaban J connectivity index is 1.93. The number of halogens is 1. The average Bonchev–Trinajstić information content (AvgIpc) is 2.74. The molecule has 2 nitrogen and oxygen atoms in total. The van der Waals surface area contributed by atoms with Crippen LogP contribution in [0.15, 0.2) is 24.3 Å². The minimum Gasteiger partial charge on any atom is -0.497 e. The molecule has 0 unspecified atom stereocenters. The van der Waals surface area contributed by atoms with Crippen molar-refractivity contribution in [1.29, 1.82) is 0 Å². The first kappa shape index (κ1) is 16.8. The third-order valence-corrected chi connectivity index (χ3v) is 5.85. The maximum atomic E-state index is 5.22. The molecule has 1 fully saturated rings. The molecule has 1 aliphatic rings. The van der Waals surface area contributed by atoms with E-state index in [0.717, 1.165) is 17.6 Å². The van der Waals surface area contributed by atoms with Gasteiger partial charge in [0.25, 0.3) is 0 Å². The molecule has 0 radical (unpaired) electrons. The molecule has 21 heavy (non-hydrogen) atoms. The first-order valence-electron chi connectivity index (χ1n) is 8.05. The second-order valence-corrected chi connectivity index (χ2v) is 7.13. The molecule has 1 aromatic carbocycles. The summed E-state index contributed by atoms with van der Waals surface area (Å²) >= 11 is 3.79. The Bertz CT molecular complexity index is 410. The Morgan fingerprint density at radius 2 is 1.71 bits per heavy atom. The van der Waals surface area contributed by atoms with Crippen molar-refractivity contribution in [2.75, 3.05) is 26.0 Å². The van der Waals surface area contributed by atoms with Crippen LogP contribution in [0.5, 0.6) is 5.75 Å². The number of benzene rings is 1. The van der Waals surface area contributed by atoms with Crippen LogP contribution in [0.25, 0.3) is 0 Å². The Morgan fingerprint density at radius 3 is 2.24 bits per heavy atom. The molecule has 1 aromatic rings. The Morgan fingerprint density at radius 1 is 1.10 bits per heavy atom. The highest BCUT2D eigenvalue weighted by Crippen LogP contribution is 2.37. The van der Waals surface area contributed by atoms with Crippen LogP contribution in [0, 0.1) is 5.41 Å². The molecule has 0 amide bonds. The van der Waals surface area contributed by atoms with Crippen molar-refractivity contribution in [3.63, 3.8) is 0 Å². The normalized spacial score (nSPS) is 18.5. The van der Waals surface area contributed by atoms with Gasteiger partial charge in [-0.15, -0.1) is 0 Å². The van der Waals surface area contributed by atoms with Crippen molar-refractivity contribution < 1.29 is 4.74 Å². The van der Waals surface area contributed by atoms with E-state index in [4.69, 9.17) is 4.74 Å². The van der Waals surface area contributed by atoms with Gasteiger partial charge in [-0.25, -0.2) is 0 Å². The van der Waals surface area contributed by atoms with E-state index in [1.165, 1.54) is 50.6 Å². The van der Waals surface area contributed by atoms with Crippen molar-refractivity contribution in [3.05, 3.63) is 29.8 Å². The van der Waals surface area contributed by atoms with Gasteiger partial charge in [-0.2, -0.15) is 0 Å². The number of rotatable bonds is 6. The van der Waals surface area contributed by atoms with Gasteiger partial charge in [0.1, 0.15) is 5.75 Å². The number of ether oxygens (including phenoxy) is 1. The lowest BCUT2D eigenvalue weighted by Crippen LogP contribution is -2.36. The van der Waals surface area contributed by atoms with E-state index in [0.29, 0.717) is 5.41 Å². The van der Waals surface area contributed by atoms with Gasteiger partial charge in [0.05, 0.1) is 7.11 Å². The highest BCUT2D eigenvalue weighted by Gasteiger charge is 2.30. The van der Waals surface area contributed by atoms with Crippen LogP contribution in [-0.4, -0.2) is 30.9 Å². The van der Waals surface area contributed by atoms with Crippen LogP contribution in [0.4, 0.5) is 0 Å². The first-order valence-corrected chi connectivity index (χ1v) is 9.17. The molecular formula is C18H28BrNO. The van der Waals surface area contributed by atoms with Gasteiger partial charge in [0.15, 0.2) is 0 Å². The van der Waals surface area contributed by atoms with Crippen molar-refractivity contribution in [1.82, 2.24) is 4.90 Å². The minimum atomic E-state index is 0.470. The summed E-state index contributed by atoms with van der Waals surface area (Å²) in [4.78, 5) is 2.48. The third kappa shape index (κ3) is 5.00. The fourth-order valence-corrected chi connectivity index (χ4v) is 4.22. The summed E-state index contributed by atoms with van der Waals surface area (Å²) < 4.78 is 5.22. The molecule has 0 N–H and O–H groups in total. The van der Waals surface area contributed by atoms with Gasteiger partial charge >= 0.3 is 0 Å². The predicted octanol–water partition coefficient (Wildman–Crippen LogP) is 4.86. The zero-order valence-corrected chi connectivity index (χ0v) is 15.0. The van der Waals surface area contributed by atoms with E-state index in [2.05, 4.69) is 52.1 Å². The molecule has 0 aliphatic heterocycles. The molecule has 0 aromatic heterocycles. The highest BCUT2D eigenvalue weighted by molar-refractivity contribution is 9.09. The molecule has 2 rings (SSSR count). The summed E-state index contributed by atoms with van der Waals surface area (Å²) in [6, 6.07) is 8.44. The second kappa shape index (κ2) is 8.19. The second-order valence-electron chi connectivity index (χ2n) is 6.57. The summed E-state index contributed by atoms with van der Waals surface area (Å²) in [6.45, 7) is 2.20. The molecule has 1 saturated carbocycles. The SMILES string of the molecule is COc1ccc(CN(C)CC2(CBr)CCCCCC2)cc1. The number of nitrogens with zero attached hydrogens (tertiary/aromatic N) is 1. The van der Waals surface area contributed by atoms with Crippen LogP contribution >= 0.6 is 15.9 Å². The van der Waals surface area contributed by atoms with Gasteiger partial charge in [-0.05, 0) is 43.0 Å². The first-order chi connectivity index (χ1) is 10.2. The smallest absolute Gasteiger partial charge is 0.118 e. The van der Waals surface area contributed by atoms with Crippen molar-refractivity contribution in [2.24, 2.45) is 5.41 Å². The van der Waals surface area contributed by atoms with E-state index in [1.807, 2.05) is 0 Å². The van der Waals surface area contributed by atoms with Gasteiger partial charge in [-0.3, -0.25) is 0 Å². The summed E-state index contributed by atoms with van der Waals surface area (Å²) in [5.74, 6) is 0.932. The number of hydrogen-bond donors (Lipinski definition) is 0. The standard InChI is InChI=1S/C18H28BrNO/c1-20(13-16-7-9-17(21-2)10-8-16)15-18(14-19)11-5-3-4-6-12-18/h7-10H,3-6,11-15H2,1-2H3. The van der Waals surface area contributed by atoms with E-state index in [1.54, 1.807) is 7.11 Å². The summed E-state index contributed by atoms with van der Waals surface area (Å²) in [6.07, 6.45) is 8.34. The zero-order chi connectivity index (χ0) is 15.1. The fraction of sp³-hybridized carbons (Fsp3) is 0.667. The van der Waals surface area contributed by atoms with Gasteiger partial charge in [0.2, 0.25) is 0 Å². The molecule has 0 atom stereocenters. The molecule has 0 heterocycles. The maximum absolute atomic E-state index is 5.22. The Labute approximate surface area is 138 Å². The molecule has 1 aliphatic carbocycles. The molecular weight excluding hydrogens is 326 g/mol. The van der Waals surface area contributed by atoms with E-state index in [9.17, 15) is 0 Å². The van der Waals surface area contributed by atoms with Crippen molar-refractivity contribution in [2.45, 2.75) is 45.1 Å². The maximum Gasteiger partial charge on any atom is 0.118 e. The van der Waals surface area contributed by atoms with Crippen LogP contribution in [0.1, 0.15) is 44.1 Å². The van der Waals surface area contributed by atoms with Gasteiger partial charge in [0, 0.05) is 18.4 Å². The Kier molecular flexibility index (Phi) is 6.56. The molecule has 3 heteroatoms. The summed E-state index contributed by atoms with van der Waals surface area (Å²) in [5.41, 5.74) is 1.83. The van der Waals surface area contributed by atoms with Crippen molar-refractivity contribution >= 4 is 15.9 Å². The lowest BCUT2D eigenvalue weighted by Gasteiger charge is -2.35. The zero-order valence-electron chi connectivity index (χ0n) is 13.4. The number of methoxy groups -OCH3 is 1. The monoisotopic (exact) mass is 353 g/mol. The van der Waals surface area contributed by atoms with E-state index in [-0.39, 0.29) is 0 Å². The van der Waals surface area contributed by atoms with Gasteiger partial charge < -0.3 is 9.64 Å². The number of hydrogen-bond acceptors (Lipinski definition) is 2. The van der Waals surface area contributed by atoms with Crippen LogP contribution < -0.4 is 4.74 Å². The van der Waals surface area contributed by atoms with E-state index < -0.39 is 0 Å². The molecule has 0 saturated heterocycles. The topological polar surface area (TPSA) is 12.5 Å². The third-order valence-electron chi connectivity index (χ3n) is 4.66. The van der Waals surface area contributed by atoms with Crippen LogP contribution in [0.3, 0.4) is 0 Å². The predicted molar refractivity (Wildman–Crippen MR) is 93.3 cm³/mol. The molecule has 0 bridgehead atoms. The summed E-state index contributed by atoms with van der Waals surface area (Å²) in [5, 5.41) is 1.13. The highest BCUT2D eigenvalue weighted by atomic mass is 79.9. The van der Waals surface area contributed by atoms with Crippen molar-refractivity contribution in [3.8, 4) is 5.75 Å². The lowest BCUT2D eigenvalue weighted by molar-refractivity contribution is 0.171. The van der Waals surface area contributed by atoms with Gasteiger partial charge in [-0.1, -0.05) is 53.7 Å². The fourth-order valence-electron chi connectivity index (χ4n) is 3.48. The molecule has 0 spiro atoms. The van der Waals surface area contributed by atoms with E-state index >= 15 is 0 Å². The molecule has 118 valence electrons. The average molecular weight is 354 g/mol. The quantitative estimate of drug-likeness (QED) is 0.534. The minimum absolute atomic E-state index is 0.470. The summed E-state index contributed by atoms with van der Waals surface area (Å²) in [7, 11) is 3.96. The largest absolute Gasteiger partial charge is 0.497 e. The number of alkyl halides is 1. The van der Waals surface area contributed by atoms with Crippen LogP contribution in [0.2, 0.25) is 0 Å².